The summed E-state index contributed by atoms with van der Waals surface area (Å²) in [6, 6.07) is 11.1. The van der Waals surface area contributed by atoms with Crippen molar-refractivity contribution >= 4 is 40.3 Å². The Morgan fingerprint density at radius 3 is 2.41 bits per heavy atom. The van der Waals surface area contributed by atoms with Gasteiger partial charge in [-0.15, -0.1) is 0 Å². The van der Waals surface area contributed by atoms with Gasteiger partial charge >= 0.3 is 0 Å². The molecule has 0 aliphatic rings. The van der Waals surface area contributed by atoms with Crippen LogP contribution in [-0.4, -0.2) is 0 Å². The van der Waals surface area contributed by atoms with Crippen LogP contribution in [0.3, 0.4) is 0 Å². The van der Waals surface area contributed by atoms with Gasteiger partial charge in [-0.25, -0.2) is 0 Å². The van der Waals surface area contributed by atoms with Crippen molar-refractivity contribution in [2.24, 2.45) is 0 Å². The Balaban J connectivity index is 2.37. The highest BCUT2D eigenvalue weighted by atomic mass is 35.5. The van der Waals surface area contributed by atoms with E-state index in [1.54, 1.807) is 6.07 Å². The fourth-order valence-electron chi connectivity index (χ4n) is 1.51. The van der Waals surface area contributed by atoms with E-state index in [-0.39, 0.29) is 0 Å². The quantitative estimate of drug-likeness (QED) is 0.778. The third-order valence-electron chi connectivity index (χ3n) is 2.47. The van der Waals surface area contributed by atoms with Crippen molar-refractivity contribution in [3.05, 3.63) is 52.0 Å². The molecule has 0 spiro atoms. The van der Waals surface area contributed by atoms with Crippen molar-refractivity contribution in [2.75, 3.05) is 11.1 Å². The minimum absolute atomic E-state index is 0.598. The minimum Gasteiger partial charge on any atom is -0.397 e. The molecule has 0 saturated heterocycles. The second kappa shape index (κ2) is 4.86. The zero-order valence-electron chi connectivity index (χ0n) is 9.30. The standard InChI is InChI=1S/C13H12Cl2N2/c1-8-6-13(11(16)7-10(8)15)17-12-5-3-2-4-9(12)14/h2-7,17H,16H2,1H3. The molecule has 17 heavy (non-hydrogen) atoms. The normalized spacial score (nSPS) is 10.3. The summed E-state index contributed by atoms with van der Waals surface area (Å²) < 4.78 is 0. The number of aryl methyl sites for hydroxylation is 1. The monoisotopic (exact) mass is 266 g/mol. The number of benzene rings is 2. The van der Waals surface area contributed by atoms with Crippen LogP contribution < -0.4 is 11.1 Å². The molecule has 0 bridgehead atoms. The molecule has 0 heterocycles. The zero-order valence-corrected chi connectivity index (χ0v) is 10.8. The first-order valence-corrected chi connectivity index (χ1v) is 5.90. The number of nitrogen functional groups attached to an aromatic ring is 1. The van der Waals surface area contributed by atoms with Crippen LogP contribution in [0.5, 0.6) is 0 Å². The number of halogens is 2. The molecular formula is C13H12Cl2N2. The first-order valence-electron chi connectivity index (χ1n) is 5.15. The lowest BCUT2D eigenvalue weighted by Gasteiger charge is -2.12. The Hall–Kier alpha value is -1.38. The SMILES string of the molecule is Cc1cc(Nc2ccccc2Cl)c(N)cc1Cl. The van der Waals surface area contributed by atoms with Gasteiger partial charge in [-0.1, -0.05) is 35.3 Å². The van der Waals surface area contributed by atoms with Gasteiger partial charge in [-0.05, 0) is 36.8 Å². The van der Waals surface area contributed by atoms with Gasteiger partial charge in [-0.2, -0.15) is 0 Å². The highest BCUT2D eigenvalue weighted by Gasteiger charge is 2.05. The van der Waals surface area contributed by atoms with E-state index in [4.69, 9.17) is 28.9 Å². The summed E-state index contributed by atoms with van der Waals surface area (Å²) in [4.78, 5) is 0. The number of para-hydroxylation sites is 1. The van der Waals surface area contributed by atoms with E-state index in [1.807, 2.05) is 37.3 Å². The summed E-state index contributed by atoms with van der Waals surface area (Å²) >= 11 is 12.1. The molecule has 0 radical (unpaired) electrons. The van der Waals surface area contributed by atoms with Gasteiger partial charge in [0.2, 0.25) is 0 Å². The van der Waals surface area contributed by atoms with Gasteiger partial charge in [0.1, 0.15) is 0 Å². The molecule has 0 atom stereocenters. The smallest absolute Gasteiger partial charge is 0.0640 e. The van der Waals surface area contributed by atoms with E-state index in [9.17, 15) is 0 Å². The highest BCUT2D eigenvalue weighted by molar-refractivity contribution is 6.33. The number of hydrogen-bond acceptors (Lipinski definition) is 2. The van der Waals surface area contributed by atoms with Crippen molar-refractivity contribution in [2.45, 2.75) is 6.92 Å². The van der Waals surface area contributed by atoms with E-state index in [0.717, 1.165) is 16.9 Å². The minimum atomic E-state index is 0.598. The van der Waals surface area contributed by atoms with Crippen LogP contribution >= 0.6 is 23.2 Å². The number of nitrogens with one attached hydrogen (secondary N) is 1. The zero-order chi connectivity index (χ0) is 12.4. The molecule has 2 nitrogen and oxygen atoms in total. The third kappa shape index (κ3) is 2.65. The molecule has 4 heteroatoms. The van der Waals surface area contributed by atoms with E-state index < -0.39 is 0 Å². The van der Waals surface area contributed by atoms with Crippen molar-refractivity contribution < 1.29 is 0 Å². The summed E-state index contributed by atoms with van der Waals surface area (Å²) in [7, 11) is 0. The van der Waals surface area contributed by atoms with Crippen LogP contribution in [-0.2, 0) is 0 Å². The lowest BCUT2D eigenvalue weighted by atomic mass is 10.2. The van der Waals surface area contributed by atoms with Gasteiger partial charge in [0.05, 0.1) is 22.1 Å². The maximum absolute atomic E-state index is 6.07. The lowest BCUT2D eigenvalue weighted by Crippen LogP contribution is -1.97. The molecule has 0 aromatic heterocycles. The van der Waals surface area contributed by atoms with Crippen LogP contribution in [0.25, 0.3) is 0 Å². The average Bonchev–Trinajstić information content (AvgIpc) is 2.29. The molecule has 88 valence electrons. The third-order valence-corrected chi connectivity index (χ3v) is 3.21. The summed E-state index contributed by atoms with van der Waals surface area (Å²) in [5.74, 6) is 0. The van der Waals surface area contributed by atoms with Gasteiger partial charge < -0.3 is 11.1 Å². The first-order chi connectivity index (χ1) is 8.08. The maximum Gasteiger partial charge on any atom is 0.0640 e. The molecule has 0 aliphatic heterocycles. The van der Waals surface area contributed by atoms with E-state index in [1.165, 1.54) is 0 Å². The molecule has 0 fully saturated rings. The van der Waals surface area contributed by atoms with Crippen LogP contribution in [0.1, 0.15) is 5.56 Å². The summed E-state index contributed by atoms with van der Waals surface area (Å²) in [5.41, 5.74) is 9.09. The summed E-state index contributed by atoms with van der Waals surface area (Å²) in [6.07, 6.45) is 0. The van der Waals surface area contributed by atoms with Crippen LogP contribution in [0.15, 0.2) is 36.4 Å². The average molecular weight is 267 g/mol. The van der Waals surface area contributed by atoms with E-state index >= 15 is 0 Å². The van der Waals surface area contributed by atoms with Crippen molar-refractivity contribution in [3.8, 4) is 0 Å². The van der Waals surface area contributed by atoms with Gasteiger partial charge in [-0.3, -0.25) is 0 Å². The highest BCUT2D eigenvalue weighted by Crippen LogP contribution is 2.31. The molecule has 0 unspecified atom stereocenters. The molecule has 0 amide bonds. The Kier molecular flexibility index (Phi) is 3.46. The topological polar surface area (TPSA) is 38.0 Å². The number of rotatable bonds is 2. The van der Waals surface area contributed by atoms with E-state index in [0.29, 0.717) is 15.7 Å². The van der Waals surface area contributed by atoms with Crippen LogP contribution in [0, 0.1) is 6.92 Å². The van der Waals surface area contributed by atoms with Gasteiger partial charge in [0.15, 0.2) is 0 Å². The molecular weight excluding hydrogens is 255 g/mol. The van der Waals surface area contributed by atoms with Crippen LogP contribution in [0.4, 0.5) is 17.1 Å². The van der Waals surface area contributed by atoms with Gasteiger partial charge in [0.25, 0.3) is 0 Å². The van der Waals surface area contributed by atoms with Crippen LogP contribution in [0.2, 0.25) is 10.0 Å². The fourth-order valence-corrected chi connectivity index (χ4v) is 1.87. The fraction of sp³-hybridized carbons (Fsp3) is 0.0769. The molecule has 3 N–H and O–H groups in total. The van der Waals surface area contributed by atoms with Crippen molar-refractivity contribution in [3.63, 3.8) is 0 Å². The number of nitrogens with two attached hydrogens (primary N) is 1. The summed E-state index contributed by atoms with van der Waals surface area (Å²) in [5, 5.41) is 4.50. The lowest BCUT2D eigenvalue weighted by molar-refractivity contribution is 1.45. The molecule has 2 aromatic carbocycles. The largest absolute Gasteiger partial charge is 0.397 e. The second-order valence-corrected chi connectivity index (χ2v) is 4.61. The number of hydrogen-bond donors (Lipinski definition) is 2. The molecule has 2 aromatic rings. The molecule has 0 aliphatic carbocycles. The first kappa shape index (κ1) is 12.1. The van der Waals surface area contributed by atoms with Crippen molar-refractivity contribution in [1.29, 1.82) is 0 Å². The predicted molar refractivity (Wildman–Crippen MR) is 75.3 cm³/mol. The Morgan fingerprint density at radius 2 is 1.71 bits per heavy atom. The Bertz CT molecular complexity index is 553. The van der Waals surface area contributed by atoms with Gasteiger partial charge in [0, 0.05) is 5.02 Å². The predicted octanol–water partition coefficient (Wildman–Crippen LogP) is 4.63. The maximum atomic E-state index is 6.07. The Morgan fingerprint density at radius 1 is 1.00 bits per heavy atom. The van der Waals surface area contributed by atoms with Crippen molar-refractivity contribution in [1.82, 2.24) is 0 Å². The summed E-state index contributed by atoms with van der Waals surface area (Å²) in [6.45, 7) is 1.93. The molecule has 0 saturated carbocycles. The number of anilines is 3. The molecule has 2 rings (SSSR count). The Labute approximate surface area is 110 Å². The second-order valence-electron chi connectivity index (χ2n) is 3.79. The van der Waals surface area contributed by atoms with E-state index in [2.05, 4.69) is 5.32 Å².